The lowest BCUT2D eigenvalue weighted by atomic mass is 10.0. The summed E-state index contributed by atoms with van der Waals surface area (Å²) in [5.41, 5.74) is 12.7. The van der Waals surface area contributed by atoms with Crippen molar-refractivity contribution in [3.05, 3.63) is 205 Å². The number of benzene rings is 7. The Kier molecular flexibility index (Phi) is 7.67. The molecule has 0 amide bonds. The third-order valence-corrected chi connectivity index (χ3v) is 11.3. The molecule has 6 nitrogen and oxygen atoms in total. The fourth-order valence-corrected chi connectivity index (χ4v) is 8.57. The minimum atomic E-state index is -0.276. The number of aliphatic imine (C=N–C) groups is 1. The van der Waals surface area contributed by atoms with E-state index in [0.29, 0.717) is 6.54 Å². The van der Waals surface area contributed by atoms with Crippen molar-refractivity contribution in [2.24, 2.45) is 4.99 Å². The van der Waals surface area contributed by atoms with Crippen LogP contribution in [0.3, 0.4) is 0 Å². The van der Waals surface area contributed by atoms with Crippen LogP contribution in [0.2, 0.25) is 0 Å². The molecule has 2 aromatic heterocycles. The first-order valence-corrected chi connectivity index (χ1v) is 19.2. The number of fused-ring (bicyclic) bond motifs is 6. The lowest BCUT2D eigenvalue weighted by Gasteiger charge is -2.34. The highest BCUT2D eigenvalue weighted by Gasteiger charge is 2.28. The van der Waals surface area contributed by atoms with Crippen LogP contribution in [-0.2, 0) is 0 Å². The van der Waals surface area contributed by atoms with E-state index >= 15 is 0 Å². The van der Waals surface area contributed by atoms with Crippen LogP contribution < -0.4 is 16.0 Å². The predicted molar refractivity (Wildman–Crippen MR) is 232 cm³/mol. The van der Waals surface area contributed by atoms with Crippen molar-refractivity contribution in [2.75, 3.05) is 6.54 Å². The monoisotopic (exact) mass is 722 g/mol. The normalized spacial score (nSPS) is 17.0. The Labute approximate surface area is 324 Å². The van der Waals surface area contributed by atoms with Crippen LogP contribution in [0, 0.1) is 0 Å². The molecule has 2 aliphatic rings. The van der Waals surface area contributed by atoms with E-state index in [9.17, 15) is 0 Å². The number of aromatic nitrogens is 2. The second kappa shape index (κ2) is 13.3. The number of hydrogen-bond donors (Lipinski definition) is 3. The molecular weight excluding hydrogens is 685 g/mol. The summed E-state index contributed by atoms with van der Waals surface area (Å²) in [6.45, 7) is 0.650. The Balaban J connectivity index is 1.01. The van der Waals surface area contributed by atoms with Gasteiger partial charge in [0, 0.05) is 38.5 Å². The van der Waals surface area contributed by atoms with Crippen molar-refractivity contribution in [3.63, 3.8) is 0 Å². The van der Waals surface area contributed by atoms with Gasteiger partial charge < -0.3 is 19.8 Å². The van der Waals surface area contributed by atoms with Crippen molar-refractivity contribution in [2.45, 2.75) is 12.3 Å². The predicted octanol–water partition coefficient (Wildman–Crippen LogP) is 10.6. The number of dihydropyridines is 1. The van der Waals surface area contributed by atoms with Gasteiger partial charge in [0.15, 0.2) is 0 Å². The van der Waals surface area contributed by atoms with E-state index in [4.69, 9.17) is 4.99 Å². The van der Waals surface area contributed by atoms with E-state index in [2.05, 4.69) is 213 Å². The minimum Gasteiger partial charge on any atom is -0.380 e. The highest BCUT2D eigenvalue weighted by Crippen LogP contribution is 2.39. The van der Waals surface area contributed by atoms with E-state index in [1.165, 1.54) is 60.4 Å². The molecule has 2 aliphatic heterocycles. The standard InChI is InChI=1S/C50H38N6/c1-4-14-33(15-5-1)34-24-26-36(27-25-34)49-52-48(35-16-6-2-7-17-35)53-50(54-49)43-29-28-38(32-51-43)56-45-23-13-11-21-40(45)42-30-41-39-20-10-12-22-44(39)55(46(41)31-47(42)56)37-18-8-3-9-19-37/h1-31,48,50-51,53H,32H2,(H,52,54). The molecular formula is C50H38N6. The number of nitrogens with zero attached hydrogens (tertiary/aromatic N) is 3. The molecule has 0 aliphatic carbocycles. The molecule has 11 rings (SSSR count). The second-order valence-corrected chi connectivity index (χ2v) is 14.5. The van der Waals surface area contributed by atoms with Gasteiger partial charge in [-0.2, -0.15) is 0 Å². The fraction of sp³-hybridized carbons (Fsp3) is 0.0600. The van der Waals surface area contributed by atoms with E-state index in [1.54, 1.807) is 0 Å². The van der Waals surface area contributed by atoms with Gasteiger partial charge in [0.1, 0.15) is 18.2 Å². The van der Waals surface area contributed by atoms with Gasteiger partial charge in [-0.1, -0.05) is 140 Å². The maximum Gasteiger partial charge on any atom is 0.144 e. The summed E-state index contributed by atoms with van der Waals surface area (Å²) in [5.74, 6) is 0.861. The smallest absolute Gasteiger partial charge is 0.144 e. The molecule has 7 aromatic carbocycles. The van der Waals surface area contributed by atoms with E-state index in [1.807, 2.05) is 0 Å². The molecule has 4 heterocycles. The highest BCUT2D eigenvalue weighted by molar-refractivity contribution is 6.19. The maximum atomic E-state index is 5.26. The Morgan fingerprint density at radius 1 is 0.482 bits per heavy atom. The molecule has 6 heteroatoms. The number of amidine groups is 1. The van der Waals surface area contributed by atoms with E-state index in [-0.39, 0.29) is 12.3 Å². The van der Waals surface area contributed by atoms with Gasteiger partial charge in [0.05, 0.1) is 34.3 Å². The van der Waals surface area contributed by atoms with Gasteiger partial charge in [-0.05, 0) is 65.2 Å². The second-order valence-electron chi connectivity index (χ2n) is 14.5. The van der Waals surface area contributed by atoms with Gasteiger partial charge in [0.25, 0.3) is 0 Å². The minimum absolute atomic E-state index is 0.119. The molecule has 0 fully saturated rings. The van der Waals surface area contributed by atoms with Gasteiger partial charge in [-0.25, -0.2) is 4.99 Å². The van der Waals surface area contributed by atoms with E-state index in [0.717, 1.165) is 28.3 Å². The van der Waals surface area contributed by atoms with Crippen molar-refractivity contribution in [3.8, 4) is 16.8 Å². The molecule has 0 bridgehead atoms. The van der Waals surface area contributed by atoms with Crippen LogP contribution in [0.15, 0.2) is 199 Å². The first kappa shape index (κ1) is 32.3. The topological polar surface area (TPSA) is 58.3 Å². The summed E-state index contributed by atoms with van der Waals surface area (Å²) < 4.78 is 4.83. The molecule has 2 atom stereocenters. The van der Waals surface area contributed by atoms with Gasteiger partial charge in [-0.3, -0.25) is 5.32 Å². The van der Waals surface area contributed by atoms with Crippen LogP contribution in [0.25, 0.3) is 66.1 Å². The third kappa shape index (κ3) is 5.42. The SMILES string of the molecule is C1=C(C2N=C(c3ccc(-c4ccccc4)cc3)NC(c3ccccc3)N2)NCC(n2c3ccccc3c3cc4c5ccccc5n(-c5ccccc5)c4cc32)=C1. The molecule has 2 unspecified atom stereocenters. The van der Waals surface area contributed by atoms with Crippen LogP contribution in [0.1, 0.15) is 17.3 Å². The van der Waals surface area contributed by atoms with Crippen LogP contribution in [0.5, 0.6) is 0 Å². The molecule has 9 aromatic rings. The number of hydrogen-bond acceptors (Lipinski definition) is 4. The Bertz CT molecular complexity index is 3010. The average Bonchev–Trinajstić information content (AvgIpc) is 3.78. The summed E-state index contributed by atoms with van der Waals surface area (Å²) in [6, 6.07) is 62.7. The molecule has 56 heavy (non-hydrogen) atoms. The first-order valence-electron chi connectivity index (χ1n) is 19.2. The third-order valence-electron chi connectivity index (χ3n) is 11.3. The Hall–Kier alpha value is -7.15. The molecule has 268 valence electrons. The molecule has 3 N–H and O–H groups in total. The zero-order valence-electron chi connectivity index (χ0n) is 30.6. The van der Waals surface area contributed by atoms with Crippen molar-refractivity contribution in [1.82, 2.24) is 25.1 Å². The lowest BCUT2D eigenvalue weighted by Crippen LogP contribution is -2.51. The summed E-state index contributed by atoms with van der Waals surface area (Å²) in [6.07, 6.45) is 4.07. The molecule has 0 saturated heterocycles. The summed E-state index contributed by atoms with van der Waals surface area (Å²) in [5, 5.41) is 16.3. The van der Waals surface area contributed by atoms with Crippen LogP contribution in [0.4, 0.5) is 0 Å². The number of nitrogens with one attached hydrogen (secondary N) is 3. The molecule has 0 spiro atoms. The Morgan fingerprint density at radius 2 is 1.05 bits per heavy atom. The van der Waals surface area contributed by atoms with Gasteiger partial charge >= 0.3 is 0 Å². The number of rotatable bonds is 6. The van der Waals surface area contributed by atoms with E-state index < -0.39 is 0 Å². The van der Waals surface area contributed by atoms with Crippen molar-refractivity contribution >= 4 is 55.1 Å². The zero-order valence-corrected chi connectivity index (χ0v) is 30.6. The highest BCUT2D eigenvalue weighted by atomic mass is 15.3. The molecule has 0 saturated carbocycles. The quantitative estimate of drug-likeness (QED) is 0.160. The summed E-state index contributed by atoms with van der Waals surface area (Å²) in [7, 11) is 0. The van der Waals surface area contributed by atoms with Crippen molar-refractivity contribution < 1.29 is 0 Å². The van der Waals surface area contributed by atoms with Crippen LogP contribution >= 0.6 is 0 Å². The average molecular weight is 723 g/mol. The Morgan fingerprint density at radius 3 is 1.73 bits per heavy atom. The van der Waals surface area contributed by atoms with Crippen LogP contribution in [-0.4, -0.2) is 27.7 Å². The van der Waals surface area contributed by atoms with Crippen molar-refractivity contribution in [1.29, 1.82) is 0 Å². The molecule has 0 radical (unpaired) electrons. The zero-order chi connectivity index (χ0) is 37.0. The lowest BCUT2D eigenvalue weighted by molar-refractivity contribution is 0.420. The fourth-order valence-electron chi connectivity index (χ4n) is 8.57. The summed E-state index contributed by atoms with van der Waals surface area (Å²) >= 11 is 0. The summed E-state index contributed by atoms with van der Waals surface area (Å²) in [4.78, 5) is 5.26. The van der Waals surface area contributed by atoms with Gasteiger partial charge in [-0.15, -0.1) is 0 Å². The van der Waals surface area contributed by atoms with Gasteiger partial charge in [0.2, 0.25) is 0 Å². The number of para-hydroxylation sites is 3. The number of allylic oxidation sites excluding steroid dienone is 2. The maximum absolute atomic E-state index is 5.26. The first-order chi connectivity index (χ1) is 27.8. The largest absolute Gasteiger partial charge is 0.380 e.